The van der Waals surface area contributed by atoms with Crippen molar-refractivity contribution in [3.8, 4) is 0 Å². The summed E-state index contributed by atoms with van der Waals surface area (Å²) in [4.78, 5) is 14.3. The predicted octanol–water partition coefficient (Wildman–Crippen LogP) is 4.15. The van der Waals surface area contributed by atoms with E-state index in [0.29, 0.717) is 25.0 Å². The molecule has 0 unspecified atom stereocenters. The van der Waals surface area contributed by atoms with Gasteiger partial charge in [0, 0.05) is 5.56 Å². The number of alkyl halides is 3. The third kappa shape index (κ3) is 3.26. The fraction of sp³-hybridized carbons (Fsp3) is 0.533. The molecule has 0 aliphatic heterocycles. The molecule has 0 heterocycles. The molecule has 0 radical (unpaired) electrons. The van der Waals surface area contributed by atoms with Gasteiger partial charge in [-0.2, -0.15) is 13.2 Å². The molecule has 0 bridgehead atoms. The molecule has 6 heteroatoms. The summed E-state index contributed by atoms with van der Waals surface area (Å²) in [6.07, 6.45) is -3.80. The van der Waals surface area contributed by atoms with E-state index in [1.54, 1.807) is 19.0 Å². The lowest BCUT2D eigenvalue weighted by Crippen LogP contribution is -2.50. The molecule has 0 atom stereocenters. The quantitative estimate of drug-likeness (QED) is 0.602. The zero-order valence-electron chi connectivity index (χ0n) is 12.5. The van der Waals surface area contributed by atoms with Crippen LogP contribution in [0.25, 0.3) is 0 Å². The first-order valence-corrected chi connectivity index (χ1v) is 6.69. The molecule has 118 valence electrons. The molecule has 0 aromatic heterocycles. The van der Waals surface area contributed by atoms with E-state index in [1.165, 1.54) is 0 Å². The Balaban J connectivity index is 3.29. The summed E-state index contributed by atoms with van der Waals surface area (Å²) in [5.41, 5.74) is -2.24. The zero-order chi connectivity index (χ0) is 16.4. The van der Waals surface area contributed by atoms with Gasteiger partial charge in [0.05, 0.1) is 11.1 Å². The first-order chi connectivity index (χ1) is 9.60. The number of rotatable bonds is 5. The summed E-state index contributed by atoms with van der Waals surface area (Å²) in [6, 6.07) is 2.33. The van der Waals surface area contributed by atoms with Crippen molar-refractivity contribution in [1.82, 2.24) is 4.90 Å². The average molecular weight is 305 g/mol. The molecule has 0 saturated carbocycles. The van der Waals surface area contributed by atoms with E-state index in [0.717, 1.165) is 6.07 Å². The molecule has 1 aromatic rings. The minimum Gasteiger partial charge on any atom is -0.297 e. The second-order valence-corrected chi connectivity index (χ2v) is 5.15. The molecule has 0 amide bonds. The SMILES string of the molecule is CCC(CC)(C(=O)c1ccc(C(F)(F)F)c(F)c1)N(C)C. The Bertz CT molecular complexity index is 519. The lowest BCUT2D eigenvalue weighted by molar-refractivity contribution is -0.140. The summed E-state index contributed by atoms with van der Waals surface area (Å²) < 4.78 is 51.2. The van der Waals surface area contributed by atoms with Crippen LogP contribution in [0.15, 0.2) is 18.2 Å². The first-order valence-electron chi connectivity index (χ1n) is 6.69. The number of hydrogen-bond acceptors (Lipinski definition) is 2. The van der Waals surface area contributed by atoms with Gasteiger partial charge in [-0.25, -0.2) is 4.39 Å². The van der Waals surface area contributed by atoms with Gasteiger partial charge in [-0.1, -0.05) is 19.9 Å². The molecular weight excluding hydrogens is 286 g/mol. The van der Waals surface area contributed by atoms with Crippen molar-refractivity contribution < 1.29 is 22.4 Å². The van der Waals surface area contributed by atoms with Crippen LogP contribution < -0.4 is 0 Å². The third-order valence-electron chi connectivity index (χ3n) is 3.99. The topological polar surface area (TPSA) is 20.3 Å². The van der Waals surface area contributed by atoms with Crippen LogP contribution in [0.4, 0.5) is 17.6 Å². The van der Waals surface area contributed by atoms with Gasteiger partial charge >= 0.3 is 6.18 Å². The standard InChI is InChI=1S/C15H19F4NO/c1-5-14(6-2,20(3)4)13(21)10-7-8-11(12(16)9-10)15(17,18)19/h7-9H,5-6H2,1-4H3. The van der Waals surface area contributed by atoms with Gasteiger partial charge in [0.2, 0.25) is 0 Å². The van der Waals surface area contributed by atoms with Crippen molar-refractivity contribution in [2.75, 3.05) is 14.1 Å². The molecule has 1 rings (SSSR count). The van der Waals surface area contributed by atoms with E-state index in [4.69, 9.17) is 0 Å². The summed E-state index contributed by atoms with van der Waals surface area (Å²) in [5.74, 6) is -1.79. The Kier molecular flexibility index (Phi) is 5.15. The summed E-state index contributed by atoms with van der Waals surface area (Å²) in [5, 5.41) is 0. The maximum atomic E-state index is 13.6. The van der Waals surface area contributed by atoms with Crippen molar-refractivity contribution in [2.24, 2.45) is 0 Å². The third-order valence-corrected chi connectivity index (χ3v) is 3.99. The molecule has 2 nitrogen and oxygen atoms in total. The van der Waals surface area contributed by atoms with Gasteiger partial charge < -0.3 is 0 Å². The van der Waals surface area contributed by atoms with Gasteiger partial charge in [-0.15, -0.1) is 0 Å². The molecule has 0 fully saturated rings. The van der Waals surface area contributed by atoms with Crippen molar-refractivity contribution in [3.05, 3.63) is 35.1 Å². The van der Waals surface area contributed by atoms with E-state index in [-0.39, 0.29) is 11.3 Å². The van der Waals surface area contributed by atoms with Crippen LogP contribution in [0.2, 0.25) is 0 Å². The average Bonchev–Trinajstić information content (AvgIpc) is 2.38. The van der Waals surface area contributed by atoms with E-state index >= 15 is 0 Å². The molecule has 0 saturated heterocycles. The highest BCUT2D eigenvalue weighted by Gasteiger charge is 2.39. The number of ketones is 1. The van der Waals surface area contributed by atoms with Crippen molar-refractivity contribution >= 4 is 5.78 Å². The second kappa shape index (κ2) is 6.13. The van der Waals surface area contributed by atoms with E-state index in [9.17, 15) is 22.4 Å². The Hall–Kier alpha value is -1.43. The largest absolute Gasteiger partial charge is 0.419 e. The lowest BCUT2D eigenvalue weighted by Gasteiger charge is -2.37. The van der Waals surface area contributed by atoms with Crippen LogP contribution in [0.5, 0.6) is 0 Å². The summed E-state index contributed by atoms with van der Waals surface area (Å²) in [6.45, 7) is 3.64. The minimum atomic E-state index is -4.76. The van der Waals surface area contributed by atoms with Gasteiger partial charge in [0.1, 0.15) is 5.82 Å². The molecule has 1 aromatic carbocycles. The van der Waals surface area contributed by atoms with Crippen LogP contribution >= 0.6 is 0 Å². The van der Waals surface area contributed by atoms with Crippen molar-refractivity contribution in [1.29, 1.82) is 0 Å². The zero-order valence-corrected chi connectivity index (χ0v) is 12.5. The Morgan fingerprint density at radius 1 is 1.14 bits per heavy atom. The molecule has 0 aliphatic carbocycles. The Morgan fingerprint density at radius 2 is 1.67 bits per heavy atom. The molecule has 21 heavy (non-hydrogen) atoms. The number of carbonyl (C=O) groups excluding carboxylic acids is 1. The highest BCUT2D eigenvalue weighted by Crippen LogP contribution is 2.33. The first kappa shape index (κ1) is 17.6. The van der Waals surface area contributed by atoms with Crippen LogP contribution in [-0.4, -0.2) is 30.3 Å². The number of benzene rings is 1. The number of hydrogen-bond donors (Lipinski definition) is 0. The van der Waals surface area contributed by atoms with Gasteiger partial charge in [-0.3, -0.25) is 9.69 Å². The van der Waals surface area contributed by atoms with E-state index in [1.807, 2.05) is 13.8 Å². The van der Waals surface area contributed by atoms with Crippen molar-refractivity contribution in [3.63, 3.8) is 0 Å². The van der Waals surface area contributed by atoms with E-state index in [2.05, 4.69) is 0 Å². The van der Waals surface area contributed by atoms with Gasteiger partial charge in [0.25, 0.3) is 0 Å². The highest BCUT2D eigenvalue weighted by molar-refractivity contribution is 6.03. The van der Waals surface area contributed by atoms with E-state index < -0.39 is 23.1 Å². The number of likely N-dealkylation sites (N-methyl/N-ethyl adjacent to an activating group) is 1. The molecule has 0 N–H and O–H groups in total. The Morgan fingerprint density at radius 3 is 2.00 bits per heavy atom. The van der Waals surface area contributed by atoms with Crippen LogP contribution in [0.1, 0.15) is 42.6 Å². The predicted molar refractivity (Wildman–Crippen MR) is 72.7 cm³/mol. The van der Waals surface area contributed by atoms with Crippen LogP contribution in [0.3, 0.4) is 0 Å². The molecular formula is C15H19F4NO. The normalized spacial score (nSPS) is 12.8. The number of carbonyl (C=O) groups is 1. The molecule has 0 spiro atoms. The fourth-order valence-electron chi connectivity index (χ4n) is 2.56. The van der Waals surface area contributed by atoms with Crippen LogP contribution in [-0.2, 0) is 6.18 Å². The summed E-state index contributed by atoms with van der Waals surface area (Å²) in [7, 11) is 3.46. The lowest BCUT2D eigenvalue weighted by atomic mass is 9.83. The monoisotopic (exact) mass is 305 g/mol. The van der Waals surface area contributed by atoms with Crippen molar-refractivity contribution in [2.45, 2.75) is 38.4 Å². The Labute approximate surface area is 121 Å². The summed E-state index contributed by atoms with van der Waals surface area (Å²) >= 11 is 0. The number of Topliss-reactive ketones (excluding diaryl/α,β-unsaturated/α-hetero) is 1. The maximum absolute atomic E-state index is 13.6. The fourth-order valence-corrected chi connectivity index (χ4v) is 2.56. The molecule has 0 aliphatic rings. The van der Waals surface area contributed by atoms with Crippen LogP contribution in [0, 0.1) is 5.82 Å². The minimum absolute atomic E-state index is 0.0436. The maximum Gasteiger partial charge on any atom is 0.419 e. The number of halogens is 4. The second-order valence-electron chi connectivity index (χ2n) is 5.15. The van der Waals surface area contributed by atoms with Gasteiger partial charge in [0.15, 0.2) is 5.78 Å². The smallest absolute Gasteiger partial charge is 0.297 e. The number of nitrogens with zero attached hydrogens (tertiary/aromatic N) is 1. The highest BCUT2D eigenvalue weighted by atomic mass is 19.4. The van der Waals surface area contributed by atoms with Gasteiger partial charge in [-0.05, 0) is 39.1 Å².